The first-order chi connectivity index (χ1) is 12.9. The number of rotatable bonds is 4. The van der Waals surface area contributed by atoms with E-state index in [9.17, 15) is 14.7 Å². The third-order valence-electron chi connectivity index (χ3n) is 3.78. The van der Waals surface area contributed by atoms with Crippen molar-refractivity contribution in [3.63, 3.8) is 0 Å². The highest BCUT2D eigenvalue weighted by atomic mass is 127. The Morgan fingerprint density at radius 1 is 1.26 bits per heavy atom. The van der Waals surface area contributed by atoms with E-state index < -0.39 is 11.8 Å². The first-order valence-electron chi connectivity index (χ1n) is 8.04. The molecule has 1 fully saturated rings. The van der Waals surface area contributed by atoms with Crippen molar-refractivity contribution in [3.05, 3.63) is 57.2 Å². The molecule has 6 nitrogen and oxygen atoms in total. The van der Waals surface area contributed by atoms with Crippen LogP contribution in [0.25, 0.3) is 6.08 Å². The number of para-hydroxylation sites is 1. The van der Waals surface area contributed by atoms with Crippen molar-refractivity contribution in [2.24, 2.45) is 0 Å². The number of ether oxygens (including phenoxy) is 1. The van der Waals surface area contributed by atoms with E-state index in [0.29, 0.717) is 21.4 Å². The van der Waals surface area contributed by atoms with Crippen molar-refractivity contribution in [1.29, 1.82) is 0 Å². The lowest BCUT2D eigenvalue weighted by atomic mass is 10.1. The van der Waals surface area contributed by atoms with Crippen LogP contribution >= 0.6 is 34.8 Å². The van der Waals surface area contributed by atoms with Crippen LogP contribution in [0.4, 0.5) is 5.69 Å². The Morgan fingerprint density at radius 3 is 2.63 bits per heavy atom. The van der Waals surface area contributed by atoms with Gasteiger partial charge in [-0.1, -0.05) is 18.2 Å². The molecule has 1 saturated heterocycles. The van der Waals surface area contributed by atoms with E-state index in [0.717, 1.165) is 0 Å². The van der Waals surface area contributed by atoms with Gasteiger partial charge in [-0.2, -0.15) is 0 Å². The number of hydrogen-bond donors (Lipinski definition) is 2. The summed E-state index contributed by atoms with van der Waals surface area (Å²) in [4.78, 5) is 26.6. The molecule has 2 aromatic carbocycles. The molecule has 0 bridgehead atoms. The van der Waals surface area contributed by atoms with E-state index in [2.05, 4.69) is 5.32 Å². The monoisotopic (exact) mass is 494 g/mol. The van der Waals surface area contributed by atoms with Crippen LogP contribution in [0, 0.1) is 3.57 Å². The highest BCUT2D eigenvalue weighted by Gasteiger charge is 2.34. The summed E-state index contributed by atoms with van der Waals surface area (Å²) in [5, 5.41) is 12.6. The second kappa shape index (κ2) is 8.05. The molecule has 2 amide bonds. The standard InChI is InChI=1S/C19H15IN2O4S/c1-2-26-15-10-11(9-14(20)16(15)23)8-13-17(24)21-19(27)22(18(13)25)12-6-4-3-5-7-12/h3-10,23H,2H2,1H3,(H,21,24,27). The zero-order valence-corrected chi connectivity index (χ0v) is 17.2. The molecule has 1 heterocycles. The molecule has 0 saturated carbocycles. The Kier molecular flexibility index (Phi) is 5.76. The predicted molar refractivity (Wildman–Crippen MR) is 115 cm³/mol. The SMILES string of the molecule is CCOc1cc(C=C2C(=O)NC(=S)N(c3ccccc3)C2=O)cc(I)c1O. The molecular weight excluding hydrogens is 479 g/mol. The molecule has 0 atom stereocenters. The Bertz CT molecular complexity index is 960. The molecular formula is C19H15IN2O4S. The maximum absolute atomic E-state index is 12.9. The van der Waals surface area contributed by atoms with Crippen LogP contribution in [-0.4, -0.2) is 28.6 Å². The van der Waals surface area contributed by atoms with Gasteiger partial charge < -0.3 is 9.84 Å². The number of phenols is 1. The van der Waals surface area contributed by atoms with Gasteiger partial charge in [0.25, 0.3) is 11.8 Å². The Labute approximate surface area is 175 Å². The molecule has 2 aromatic rings. The zero-order valence-electron chi connectivity index (χ0n) is 14.2. The first kappa shape index (κ1) is 19.3. The second-order valence-electron chi connectivity index (χ2n) is 5.58. The van der Waals surface area contributed by atoms with Gasteiger partial charge in [-0.25, -0.2) is 0 Å². The maximum atomic E-state index is 12.9. The number of amides is 2. The van der Waals surface area contributed by atoms with Crippen molar-refractivity contribution in [2.45, 2.75) is 6.92 Å². The van der Waals surface area contributed by atoms with Crippen LogP contribution in [0.5, 0.6) is 11.5 Å². The highest BCUT2D eigenvalue weighted by molar-refractivity contribution is 14.1. The van der Waals surface area contributed by atoms with Gasteiger partial charge in [0.1, 0.15) is 5.57 Å². The minimum absolute atomic E-state index is 0.0195. The topological polar surface area (TPSA) is 78.9 Å². The van der Waals surface area contributed by atoms with Crippen LogP contribution in [0.3, 0.4) is 0 Å². The molecule has 8 heteroatoms. The van der Waals surface area contributed by atoms with E-state index in [1.54, 1.807) is 43.3 Å². The molecule has 0 aromatic heterocycles. The van der Waals surface area contributed by atoms with Crippen molar-refractivity contribution >= 4 is 63.5 Å². The second-order valence-corrected chi connectivity index (χ2v) is 7.12. The van der Waals surface area contributed by atoms with Gasteiger partial charge >= 0.3 is 0 Å². The van der Waals surface area contributed by atoms with Gasteiger partial charge in [-0.3, -0.25) is 19.8 Å². The summed E-state index contributed by atoms with van der Waals surface area (Å²) in [6.07, 6.45) is 1.46. The molecule has 1 aliphatic rings. The minimum Gasteiger partial charge on any atom is -0.504 e. The molecule has 138 valence electrons. The molecule has 0 aliphatic carbocycles. The lowest BCUT2D eigenvalue weighted by Gasteiger charge is -2.28. The fraction of sp³-hybridized carbons (Fsp3) is 0.105. The van der Waals surface area contributed by atoms with Crippen LogP contribution in [0.1, 0.15) is 12.5 Å². The van der Waals surface area contributed by atoms with Crippen molar-refractivity contribution in [1.82, 2.24) is 5.32 Å². The van der Waals surface area contributed by atoms with E-state index in [4.69, 9.17) is 17.0 Å². The number of aromatic hydroxyl groups is 1. The van der Waals surface area contributed by atoms with E-state index >= 15 is 0 Å². The van der Waals surface area contributed by atoms with Crippen LogP contribution in [-0.2, 0) is 9.59 Å². The number of nitrogens with one attached hydrogen (secondary N) is 1. The number of carbonyl (C=O) groups is 2. The van der Waals surface area contributed by atoms with E-state index in [1.165, 1.54) is 11.0 Å². The van der Waals surface area contributed by atoms with Gasteiger partial charge in [0.2, 0.25) is 0 Å². The number of benzene rings is 2. The van der Waals surface area contributed by atoms with Crippen molar-refractivity contribution in [2.75, 3.05) is 11.5 Å². The summed E-state index contributed by atoms with van der Waals surface area (Å²) < 4.78 is 5.95. The quantitative estimate of drug-likeness (QED) is 0.296. The van der Waals surface area contributed by atoms with Gasteiger partial charge in [0, 0.05) is 0 Å². The Balaban J connectivity index is 2.03. The summed E-state index contributed by atoms with van der Waals surface area (Å²) in [6, 6.07) is 12.1. The number of nitrogens with zero attached hydrogens (tertiary/aromatic N) is 1. The zero-order chi connectivity index (χ0) is 19.6. The third kappa shape index (κ3) is 3.96. The third-order valence-corrected chi connectivity index (χ3v) is 4.88. The van der Waals surface area contributed by atoms with Gasteiger partial charge in [-0.15, -0.1) is 0 Å². The average Bonchev–Trinajstić information content (AvgIpc) is 2.63. The summed E-state index contributed by atoms with van der Waals surface area (Å²) >= 11 is 7.13. The first-order valence-corrected chi connectivity index (χ1v) is 9.53. The molecule has 0 spiro atoms. The summed E-state index contributed by atoms with van der Waals surface area (Å²) in [5.41, 5.74) is 1.06. The van der Waals surface area contributed by atoms with Crippen molar-refractivity contribution < 1.29 is 19.4 Å². The van der Waals surface area contributed by atoms with Gasteiger partial charge in [0.05, 0.1) is 15.9 Å². The van der Waals surface area contributed by atoms with E-state index in [-0.39, 0.29) is 22.2 Å². The van der Waals surface area contributed by atoms with Gasteiger partial charge in [0.15, 0.2) is 16.6 Å². The molecule has 0 radical (unpaired) electrons. The molecule has 3 rings (SSSR count). The average molecular weight is 494 g/mol. The molecule has 1 aliphatic heterocycles. The fourth-order valence-corrected chi connectivity index (χ4v) is 3.48. The van der Waals surface area contributed by atoms with E-state index in [1.807, 2.05) is 28.7 Å². The van der Waals surface area contributed by atoms with Crippen LogP contribution in [0.2, 0.25) is 0 Å². The number of hydrogen-bond acceptors (Lipinski definition) is 5. The van der Waals surface area contributed by atoms with Crippen molar-refractivity contribution in [3.8, 4) is 11.5 Å². The molecule has 2 N–H and O–H groups in total. The molecule has 27 heavy (non-hydrogen) atoms. The Morgan fingerprint density at radius 2 is 1.96 bits per heavy atom. The summed E-state index contributed by atoms with van der Waals surface area (Å²) in [6.45, 7) is 2.17. The maximum Gasteiger partial charge on any atom is 0.270 e. The lowest BCUT2D eigenvalue weighted by molar-refractivity contribution is -0.122. The fourth-order valence-electron chi connectivity index (χ4n) is 2.58. The normalized spacial score (nSPS) is 15.9. The van der Waals surface area contributed by atoms with Gasteiger partial charge in [-0.05, 0) is 77.6 Å². The number of carbonyl (C=O) groups excluding carboxylic acids is 2. The highest BCUT2D eigenvalue weighted by Crippen LogP contribution is 2.34. The number of phenolic OH excluding ortho intramolecular Hbond substituents is 1. The summed E-state index contributed by atoms with van der Waals surface area (Å²) in [5.74, 6) is -0.782. The number of anilines is 1. The number of halogens is 1. The predicted octanol–water partition coefficient (Wildman–Crippen LogP) is 3.23. The largest absolute Gasteiger partial charge is 0.504 e. The van der Waals surface area contributed by atoms with Crippen LogP contribution in [0.15, 0.2) is 48.0 Å². The molecule has 0 unspecified atom stereocenters. The van der Waals surface area contributed by atoms with Crippen LogP contribution < -0.4 is 15.0 Å². The minimum atomic E-state index is -0.571. The number of thiocarbonyl (C=S) groups is 1. The smallest absolute Gasteiger partial charge is 0.270 e. The lowest BCUT2D eigenvalue weighted by Crippen LogP contribution is -2.54. The Hall–Kier alpha value is -2.46. The summed E-state index contributed by atoms with van der Waals surface area (Å²) in [7, 11) is 0.